The zero-order chi connectivity index (χ0) is 22.7. The third-order valence-corrected chi connectivity index (χ3v) is 9.13. The summed E-state index contributed by atoms with van der Waals surface area (Å²) in [4.78, 5) is 20.1. The Morgan fingerprint density at radius 3 is 2.72 bits per heavy atom. The number of rotatable bonds is 6. The number of hydrogen-bond donors (Lipinski definition) is 1. The van der Waals surface area contributed by atoms with Gasteiger partial charge in [0.1, 0.15) is 0 Å². The van der Waals surface area contributed by atoms with Crippen molar-refractivity contribution in [3.8, 4) is 0 Å². The van der Waals surface area contributed by atoms with Crippen LogP contribution in [0.1, 0.15) is 60.6 Å². The predicted octanol–water partition coefficient (Wildman–Crippen LogP) is 4.11. The first-order valence-electron chi connectivity index (χ1n) is 11.4. The molecule has 2 fully saturated rings. The lowest BCUT2D eigenvalue weighted by Gasteiger charge is -2.30. The largest absolute Gasteiger partial charge is 0.298 e. The van der Waals surface area contributed by atoms with Gasteiger partial charge in [-0.2, -0.15) is 4.31 Å². The number of anilines is 1. The highest BCUT2D eigenvalue weighted by atomic mass is 32.2. The van der Waals surface area contributed by atoms with Crippen LogP contribution < -0.4 is 5.32 Å². The summed E-state index contributed by atoms with van der Waals surface area (Å²) in [7, 11) is -3.60. The van der Waals surface area contributed by atoms with Gasteiger partial charge in [-0.15, -0.1) is 11.3 Å². The lowest BCUT2D eigenvalue weighted by Crippen LogP contribution is -2.36. The average Bonchev–Trinajstić information content (AvgIpc) is 3.21. The fourth-order valence-electron chi connectivity index (χ4n) is 4.53. The van der Waals surface area contributed by atoms with Crippen molar-refractivity contribution < 1.29 is 13.2 Å². The highest BCUT2D eigenvalue weighted by molar-refractivity contribution is 7.89. The minimum absolute atomic E-state index is 0.214. The molecule has 3 heterocycles. The number of aryl methyl sites for hydroxylation is 1. The number of likely N-dealkylation sites (tertiary alicyclic amines) is 1. The number of carbonyl (C=O) groups is 1. The zero-order valence-corrected chi connectivity index (χ0v) is 20.5. The Morgan fingerprint density at radius 1 is 1.19 bits per heavy atom. The van der Waals surface area contributed by atoms with Crippen LogP contribution in [-0.4, -0.2) is 54.7 Å². The fourth-order valence-corrected chi connectivity index (χ4v) is 6.99. The second-order valence-corrected chi connectivity index (χ2v) is 11.8. The Hall–Kier alpha value is -1.81. The predicted molar refractivity (Wildman–Crippen MR) is 128 cm³/mol. The molecular formula is C23H32N4O3S2. The van der Waals surface area contributed by atoms with E-state index in [4.69, 9.17) is 0 Å². The van der Waals surface area contributed by atoms with Crippen LogP contribution in [0.4, 0.5) is 5.13 Å². The Labute approximate surface area is 194 Å². The smallest absolute Gasteiger partial charge is 0.257 e. The van der Waals surface area contributed by atoms with Crippen molar-refractivity contribution in [2.24, 2.45) is 5.92 Å². The molecule has 174 valence electrons. The van der Waals surface area contributed by atoms with Gasteiger partial charge in [-0.1, -0.05) is 19.4 Å². The first-order valence-corrected chi connectivity index (χ1v) is 13.7. The summed E-state index contributed by atoms with van der Waals surface area (Å²) >= 11 is 1.40. The molecule has 0 spiro atoms. The standard InChI is InChI=1S/C23H32N4O3S2/c1-17-7-6-10-26(14-17)15-20-16-31-23(24-20)25-22(28)19-9-8-18(2)21(13-19)32(29,30)27-11-4-3-5-12-27/h8-9,13,16-17H,3-7,10-12,14-15H2,1-2H3,(H,24,25,28). The number of hydrogen-bond acceptors (Lipinski definition) is 6. The van der Waals surface area contributed by atoms with E-state index in [1.807, 2.05) is 5.38 Å². The molecule has 9 heteroatoms. The Balaban J connectivity index is 1.45. The SMILES string of the molecule is Cc1ccc(C(=O)Nc2nc(CN3CCCC(C)C3)cs2)cc1S(=O)(=O)N1CCCCC1. The third-order valence-electron chi connectivity index (χ3n) is 6.28. The van der Waals surface area contributed by atoms with Crippen LogP contribution in [0.5, 0.6) is 0 Å². The summed E-state index contributed by atoms with van der Waals surface area (Å²) in [6.07, 6.45) is 5.30. The molecule has 1 N–H and O–H groups in total. The lowest BCUT2D eigenvalue weighted by molar-refractivity contribution is 0.102. The molecule has 1 unspecified atom stereocenters. The molecule has 4 rings (SSSR count). The van der Waals surface area contributed by atoms with Crippen LogP contribution >= 0.6 is 11.3 Å². The van der Waals surface area contributed by atoms with Crippen molar-refractivity contribution >= 4 is 32.4 Å². The molecule has 0 saturated carbocycles. The molecule has 1 amide bonds. The number of benzene rings is 1. The highest BCUT2D eigenvalue weighted by Crippen LogP contribution is 2.26. The van der Waals surface area contributed by atoms with E-state index in [2.05, 4.69) is 22.1 Å². The van der Waals surface area contributed by atoms with Crippen molar-refractivity contribution in [3.05, 3.63) is 40.4 Å². The van der Waals surface area contributed by atoms with Crippen molar-refractivity contribution in [2.45, 2.75) is 57.4 Å². The van der Waals surface area contributed by atoms with Crippen LogP contribution in [0.15, 0.2) is 28.5 Å². The molecular weight excluding hydrogens is 444 g/mol. The quantitative estimate of drug-likeness (QED) is 0.678. The summed E-state index contributed by atoms with van der Waals surface area (Å²) in [6, 6.07) is 4.87. The fraction of sp³-hybridized carbons (Fsp3) is 0.565. The molecule has 0 bridgehead atoms. The normalized spacial score (nSPS) is 20.9. The topological polar surface area (TPSA) is 82.6 Å². The molecule has 2 saturated heterocycles. The number of amides is 1. The van der Waals surface area contributed by atoms with Gasteiger partial charge in [0.05, 0.1) is 10.6 Å². The van der Waals surface area contributed by atoms with E-state index < -0.39 is 10.0 Å². The van der Waals surface area contributed by atoms with Crippen LogP contribution in [0, 0.1) is 12.8 Å². The van der Waals surface area contributed by atoms with Crippen molar-refractivity contribution in [1.82, 2.24) is 14.2 Å². The highest BCUT2D eigenvalue weighted by Gasteiger charge is 2.28. The van der Waals surface area contributed by atoms with Crippen LogP contribution in [-0.2, 0) is 16.6 Å². The van der Waals surface area contributed by atoms with Gasteiger partial charge in [0.25, 0.3) is 5.91 Å². The van der Waals surface area contributed by atoms with E-state index in [1.165, 1.54) is 34.6 Å². The van der Waals surface area contributed by atoms with Gasteiger partial charge >= 0.3 is 0 Å². The van der Waals surface area contributed by atoms with E-state index in [1.54, 1.807) is 19.1 Å². The molecule has 1 aromatic heterocycles. The van der Waals surface area contributed by atoms with Crippen molar-refractivity contribution in [1.29, 1.82) is 0 Å². The summed E-state index contributed by atoms with van der Waals surface area (Å²) in [5, 5.41) is 5.36. The van der Waals surface area contributed by atoms with Crippen LogP contribution in [0.25, 0.3) is 0 Å². The minimum atomic E-state index is -3.60. The summed E-state index contributed by atoms with van der Waals surface area (Å²) in [5.74, 6) is 0.367. The number of nitrogens with one attached hydrogen (secondary N) is 1. The molecule has 1 atom stereocenters. The number of nitrogens with zero attached hydrogens (tertiary/aromatic N) is 3. The third kappa shape index (κ3) is 5.39. The lowest BCUT2D eigenvalue weighted by atomic mass is 10.0. The first kappa shape index (κ1) is 23.4. The number of thiazole rings is 1. The Bertz CT molecular complexity index is 1060. The van der Waals surface area contributed by atoms with E-state index in [9.17, 15) is 13.2 Å². The van der Waals surface area contributed by atoms with Crippen LogP contribution in [0.2, 0.25) is 0 Å². The second kappa shape index (κ2) is 9.99. The van der Waals surface area contributed by atoms with Crippen LogP contribution in [0.3, 0.4) is 0 Å². The molecule has 2 aromatic rings. The minimum Gasteiger partial charge on any atom is -0.298 e. The van der Waals surface area contributed by atoms with E-state index in [-0.39, 0.29) is 10.8 Å². The van der Waals surface area contributed by atoms with Gasteiger partial charge in [0, 0.05) is 37.1 Å². The number of piperidine rings is 2. The maximum atomic E-state index is 13.1. The average molecular weight is 477 g/mol. The molecule has 1 aromatic carbocycles. The molecule has 7 nitrogen and oxygen atoms in total. The van der Waals surface area contributed by atoms with Crippen molar-refractivity contribution in [3.63, 3.8) is 0 Å². The molecule has 0 aliphatic carbocycles. The Kier molecular flexibility index (Phi) is 7.29. The first-order chi connectivity index (χ1) is 15.3. The number of sulfonamides is 1. The van der Waals surface area contributed by atoms with Gasteiger partial charge in [0.2, 0.25) is 10.0 Å². The summed E-state index contributed by atoms with van der Waals surface area (Å²) < 4.78 is 27.8. The van der Waals surface area contributed by atoms with Gasteiger partial charge in [-0.25, -0.2) is 13.4 Å². The molecule has 32 heavy (non-hydrogen) atoms. The molecule has 2 aliphatic heterocycles. The van der Waals surface area contributed by atoms with Gasteiger partial charge < -0.3 is 0 Å². The zero-order valence-electron chi connectivity index (χ0n) is 18.8. The maximum Gasteiger partial charge on any atom is 0.257 e. The van der Waals surface area contributed by atoms with Crippen molar-refractivity contribution in [2.75, 3.05) is 31.5 Å². The molecule has 0 radical (unpaired) electrons. The van der Waals surface area contributed by atoms with E-state index in [0.29, 0.717) is 35.3 Å². The van der Waals surface area contributed by atoms with E-state index >= 15 is 0 Å². The van der Waals surface area contributed by atoms with Gasteiger partial charge in [-0.3, -0.25) is 15.0 Å². The molecule has 2 aliphatic rings. The Morgan fingerprint density at radius 2 is 1.97 bits per heavy atom. The second-order valence-electron chi connectivity index (χ2n) is 9.03. The van der Waals surface area contributed by atoms with Gasteiger partial charge in [-0.05, 0) is 62.8 Å². The maximum absolute atomic E-state index is 13.1. The number of carbonyl (C=O) groups excluding carboxylic acids is 1. The van der Waals surface area contributed by atoms with E-state index in [0.717, 1.165) is 44.6 Å². The summed E-state index contributed by atoms with van der Waals surface area (Å²) in [5.41, 5.74) is 1.93. The monoisotopic (exact) mass is 476 g/mol. The van der Waals surface area contributed by atoms with Gasteiger partial charge in [0.15, 0.2) is 5.13 Å². The summed E-state index contributed by atoms with van der Waals surface area (Å²) in [6.45, 7) is 8.08. The number of aromatic nitrogens is 1.